The summed E-state index contributed by atoms with van der Waals surface area (Å²) in [7, 11) is 0. The van der Waals surface area contributed by atoms with Gasteiger partial charge in [-0.25, -0.2) is 15.0 Å². The number of hydrogen-bond donors (Lipinski definition) is 0. The number of aromatic nitrogens is 3. The molecule has 1 atom stereocenters. The zero-order valence-electron chi connectivity index (χ0n) is 23.6. The predicted octanol–water partition coefficient (Wildman–Crippen LogP) is -0.416. The Labute approximate surface area is 261 Å². The SMILES string of the molecule is Cc1cccc(-c2nc(CC(=O)c3cnc(N4CCN(CC(=O)[O-])CC4)cn3)sc2CN2CCCC[C@H]2C)c1.[Na+]. The first-order valence-corrected chi connectivity index (χ1v) is 14.5. The number of carboxylic acids is 1. The van der Waals surface area contributed by atoms with Crippen molar-refractivity contribution in [2.75, 3.05) is 44.2 Å². The third kappa shape index (κ3) is 7.74. The Morgan fingerprint density at radius 1 is 1.07 bits per heavy atom. The van der Waals surface area contributed by atoms with Crippen molar-refractivity contribution in [1.29, 1.82) is 0 Å². The Morgan fingerprint density at radius 2 is 1.88 bits per heavy atom. The molecule has 0 aliphatic carbocycles. The minimum absolute atomic E-state index is 0. The number of Topliss-reactive ketones (excluding diaryl/α,β-unsaturated/α-hetero) is 1. The summed E-state index contributed by atoms with van der Waals surface area (Å²) in [5.74, 6) is -0.477. The van der Waals surface area contributed by atoms with Crippen molar-refractivity contribution in [3.63, 3.8) is 0 Å². The van der Waals surface area contributed by atoms with Crippen LogP contribution in [0.1, 0.15) is 52.1 Å². The molecule has 2 aliphatic heterocycles. The van der Waals surface area contributed by atoms with Crippen LogP contribution in [0.2, 0.25) is 0 Å². The summed E-state index contributed by atoms with van der Waals surface area (Å²) >= 11 is 1.63. The van der Waals surface area contributed by atoms with Crippen LogP contribution in [0.25, 0.3) is 11.3 Å². The second kappa shape index (κ2) is 14.1. The van der Waals surface area contributed by atoms with Gasteiger partial charge in [0.2, 0.25) is 0 Å². The van der Waals surface area contributed by atoms with Crippen molar-refractivity contribution >= 4 is 28.9 Å². The molecule has 2 saturated heterocycles. The fourth-order valence-corrected chi connectivity index (χ4v) is 6.47. The zero-order chi connectivity index (χ0) is 27.4. The number of aryl methyl sites for hydroxylation is 1. The number of carbonyl (C=O) groups excluding carboxylic acids is 2. The summed E-state index contributed by atoms with van der Waals surface area (Å²) in [6.45, 7) is 8.78. The number of benzene rings is 1. The molecule has 0 amide bonds. The molecule has 2 aromatic heterocycles. The zero-order valence-corrected chi connectivity index (χ0v) is 26.5. The average molecular weight is 571 g/mol. The first kappa shape index (κ1) is 30.7. The molecule has 2 fully saturated rings. The van der Waals surface area contributed by atoms with Crippen LogP contribution in [0, 0.1) is 6.92 Å². The quantitative estimate of drug-likeness (QED) is 0.251. The molecule has 0 radical (unpaired) electrons. The fourth-order valence-electron chi connectivity index (χ4n) is 5.35. The number of carboxylic acid groups (broad SMARTS) is 1. The molecule has 0 unspecified atom stereocenters. The standard InChI is InChI=1S/C29H36N6O3S.Na/c1-20-6-5-8-22(14-20)29-25(18-35-9-4-3-7-21(35)2)39-27(32-29)15-24(36)23-16-31-26(17-30-23)34-12-10-33(11-13-34)19-28(37)38;/h5-6,8,14,16-17,21H,3-4,7,9-13,15,18-19H2,1-2H3,(H,37,38);/q;+1/p-1/t21-;/m1./s1. The molecule has 0 N–H and O–H groups in total. The predicted molar refractivity (Wildman–Crippen MR) is 150 cm³/mol. The minimum Gasteiger partial charge on any atom is -0.549 e. The topological polar surface area (TPSA) is 106 Å². The number of rotatable bonds is 9. The fraction of sp³-hybridized carbons (Fsp3) is 0.483. The summed E-state index contributed by atoms with van der Waals surface area (Å²) in [5, 5.41) is 11.6. The smallest absolute Gasteiger partial charge is 0.549 e. The van der Waals surface area contributed by atoms with Gasteiger partial charge in [-0.3, -0.25) is 14.6 Å². The van der Waals surface area contributed by atoms with Gasteiger partial charge in [0.1, 0.15) is 16.5 Å². The van der Waals surface area contributed by atoms with Gasteiger partial charge < -0.3 is 14.8 Å². The number of hydrogen-bond acceptors (Lipinski definition) is 10. The molecule has 3 aromatic rings. The number of piperazine rings is 1. The maximum Gasteiger partial charge on any atom is 1.00 e. The third-order valence-corrected chi connectivity index (χ3v) is 8.65. The van der Waals surface area contributed by atoms with Crippen molar-refractivity contribution in [2.45, 2.75) is 52.1 Å². The Balaban J connectivity index is 0.00000370. The Kier molecular flexibility index (Phi) is 10.8. The summed E-state index contributed by atoms with van der Waals surface area (Å²) in [6.07, 6.45) is 7.08. The molecule has 0 bridgehead atoms. The molecule has 9 nitrogen and oxygen atoms in total. The molecule has 0 spiro atoms. The molecule has 4 heterocycles. The van der Waals surface area contributed by atoms with E-state index >= 15 is 0 Å². The number of nitrogens with zero attached hydrogens (tertiary/aromatic N) is 6. The van der Waals surface area contributed by atoms with Gasteiger partial charge in [0.15, 0.2) is 5.78 Å². The molecular weight excluding hydrogens is 535 g/mol. The van der Waals surface area contributed by atoms with Crippen LogP contribution in [0.5, 0.6) is 0 Å². The van der Waals surface area contributed by atoms with Crippen molar-refractivity contribution in [3.05, 3.63) is 57.8 Å². The first-order chi connectivity index (χ1) is 18.9. The van der Waals surface area contributed by atoms with E-state index in [1.54, 1.807) is 17.5 Å². The summed E-state index contributed by atoms with van der Waals surface area (Å²) in [6, 6.07) is 8.94. The molecule has 5 rings (SSSR count). The van der Waals surface area contributed by atoms with Gasteiger partial charge in [-0.1, -0.05) is 30.2 Å². The monoisotopic (exact) mass is 570 g/mol. The van der Waals surface area contributed by atoms with Crippen LogP contribution in [0.3, 0.4) is 0 Å². The van der Waals surface area contributed by atoms with Gasteiger partial charge in [-0.15, -0.1) is 11.3 Å². The molecule has 40 heavy (non-hydrogen) atoms. The summed E-state index contributed by atoms with van der Waals surface area (Å²) in [4.78, 5) is 45.5. The van der Waals surface area contributed by atoms with Crippen molar-refractivity contribution < 1.29 is 44.3 Å². The van der Waals surface area contributed by atoms with Crippen LogP contribution in [-0.4, -0.2) is 81.8 Å². The summed E-state index contributed by atoms with van der Waals surface area (Å²) in [5.41, 5.74) is 3.58. The van der Waals surface area contributed by atoms with Gasteiger partial charge >= 0.3 is 29.6 Å². The largest absolute Gasteiger partial charge is 1.00 e. The van der Waals surface area contributed by atoms with Crippen molar-refractivity contribution in [2.24, 2.45) is 0 Å². The van der Waals surface area contributed by atoms with Crippen LogP contribution in [0.15, 0.2) is 36.7 Å². The van der Waals surface area contributed by atoms with Crippen LogP contribution >= 0.6 is 11.3 Å². The van der Waals surface area contributed by atoms with E-state index in [9.17, 15) is 14.7 Å². The number of ketones is 1. The van der Waals surface area contributed by atoms with E-state index < -0.39 is 5.97 Å². The van der Waals surface area contributed by atoms with Crippen molar-refractivity contribution in [1.82, 2.24) is 24.8 Å². The number of piperidine rings is 1. The second-order valence-electron chi connectivity index (χ2n) is 10.6. The maximum absolute atomic E-state index is 13.2. The van der Waals surface area contributed by atoms with E-state index in [0.29, 0.717) is 43.7 Å². The number of likely N-dealkylation sites (tertiary alicyclic amines) is 1. The third-order valence-electron chi connectivity index (χ3n) is 7.61. The Morgan fingerprint density at radius 3 is 2.55 bits per heavy atom. The first-order valence-electron chi connectivity index (χ1n) is 13.7. The molecular formula is C29H35N6NaO3S. The van der Waals surface area contributed by atoms with E-state index in [2.05, 4.69) is 57.9 Å². The van der Waals surface area contributed by atoms with Crippen LogP contribution in [-0.2, 0) is 17.8 Å². The number of anilines is 1. The molecule has 11 heteroatoms. The van der Waals surface area contributed by atoms with E-state index in [1.165, 1.54) is 35.9 Å². The van der Waals surface area contributed by atoms with Gasteiger partial charge in [0.25, 0.3) is 0 Å². The number of thiazole rings is 1. The van der Waals surface area contributed by atoms with Crippen molar-refractivity contribution in [3.8, 4) is 11.3 Å². The Bertz CT molecular complexity index is 1310. The molecule has 0 saturated carbocycles. The molecule has 206 valence electrons. The van der Waals surface area contributed by atoms with Gasteiger partial charge in [-0.05, 0) is 39.3 Å². The normalized spacial score (nSPS) is 18.4. The second-order valence-corrected chi connectivity index (χ2v) is 11.7. The van der Waals surface area contributed by atoms with E-state index in [0.717, 1.165) is 29.4 Å². The van der Waals surface area contributed by atoms with E-state index in [4.69, 9.17) is 4.98 Å². The average Bonchev–Trinajstić information content (AvgIpc) is 3.32. The van der Waals surface area contributed by atoms with Gasteiger partial charge in [0, 0.05) is 55.8 Å². The van der Waals surface area contributed by atoms with Crippen LogP contribution in [0.4, 0.5) is 5.82 Å². The Hall–Kier alpha value is -2.21. The maximum atomic E-state index is 13.2. The summed E-state index contributed by atoms with van der Waals surface area (Å²) < 4.78 is 0. The van der Waals surface area contributed by atoms with E-state index in [-0.39, 0.29) is 48.3 Å². The van der Waals surface area contributed by atoms with Crippen LogP contribution < -0.4 is 39.6 Å². The number of carbonyl (C=O) groups is 2. The number of aliphatic carboxylic acids is 1. The van der Waals surface area contributed by atoms with Gasteiger partial charge in [-0.2, -0.15) is 0 Å². The molecule has 2 aliphatic rings. The minimum atomic E-state index is -1.06. The van der Waals surface area contributed by atoms with Gasteiger partial charge in [0.05, 0.1) is 30.5 Å². The van der Waals surface area contributed by atoms with E-state index in [1.807, 2.05) is 4.90 Å². The molecule has 1 aromatic carbocycles.